The number of rotatable bonds is 6. The third-order valence-corrected chi connectivity index (χ3v) is 9.01. The number of nitrogens with zero attached hydrogens (tertiary/aromatic N) is 1. The number of fused-ring (bicyclic) bond motifs is 2. The van der Waals surface area contributed by atoms with Gasteiger partial charge in [0.25, 0.3) is 0 Å². The number of para-hydroxylation sites is 1. The SMILES string of the molecule is COC(=O)c1ccc(N2CCC(N[C@@H]3C[C@@H]4C[C@H]([C@H]3C)C4(C)C)CC2)cc1Oc1ccccc1. The summed E-state index contributed by atoms with van der Waals surface area (Å²) in [6.45, 7) is 9.40. The summed E-state index contributed by atoms with van der Waals surface area (Å²) in [6.07, 6.45) is 5.03. The number of hydrogen-bond donors (Lipinski definition) is 1. The van der Waals surface area contributed by atoms with Gasteiger partial charge in [0.15, 0.2) is 0 Å². The van der Waals surface area contributed by atoms with Crippen LogP contribution in [0.3, 0.4) is 0 Å². The molecule has 0 radical (unpaired) electrons. The lowest BCUT2D eigenvalue weighted by Crippen LogP contribution is -2.61. The molecule has 1 saturated heterocycles. The molecule has 4 aliphatic rings. The van der Waals surface area contributed by atoms with Gasteiger partial charge in [-0.3, -0.25) is 0 Å². The number of nitrogens with one attached hydrogen (secondary N) is 1. The summed E-state index contributed by atoms with van der Waals surface area (Å²) in [4.78, 5) is 14.7. The van der Waals surface area contributed by atoms with Crippen molar-refractivity contribution in [3.8, 4) is 11.5 Å². The number of piperidine rings is 1. The predicted octanol–water partition coefficient (Wildman–Crippen LogP) is 5.89. The first kappa shape index (κ1) is 23.2. The lowest BCUT2D eigenvalue weighted by molar-refractivity contribution is -0.116. The zero-order valence-corrected chi connectivity index (χ0v) is 20.9. The summed E-state index contributed by atoms with van der Waals surface area (Å²) >= 11 is 0. The summed E-state index contributed by atoms with van der Waals surface area (Å²) in [6, 6.07) is 16.6. The van der Waals surface area contributed by atoms with Gasteiger partial charge in [0.2, 0.25) is 0 Å². The van der Waals surface area contributed by atoms with Crippen LogP contribution in [0.25, 0.3) is 0 Å². The maximum Gasteiger partial charge on any atom is 0.341 e. The number of carbonyl (C=O) groups is 1. The second kappa shape index (κ2) is 9.26. The minimum Gasteiger partial charge on any atom is -0.465 e. The Kier molecular flexibility index (Phi) is 6.32. The van der Waals surface area contributed by atoms with Crippen molar-refractivity contribution < 1.29 is 14.3 Å². The highest BCUT2D eigenvalue weighted by Gasteiger charge is 2.56. The van der Waals surface area contributed by atoms with Gasteiger partial charge in [0, 0.05) is 36.9 Å². The molecule has 4 fully saturated rings. The molecule has 5 nitrogen and oxygen atoms in total. The van der Waals surface area contributed by atoms with E-state index in [9.17, 15) is 4.79 Å². The van der Waals surface area contributed by atoms with E-state index < -0.39 is 0 Å². The quantitative estimate of drug-likeness (QED) is 0.542. The van der Waals surface area contributed by atoms with Crippen LogP contribution in [0, 0.1) is 23.2 Å². The van der Waals surface area contributed by atoms with Gasteiger partial charge in [-0.05, 0) is 73.1 Å². The van der Waals surface area contributed by atoms with Crippen molar-refractivity contribution >= 4 is 11.7 Å². The van der Waals surface area contributed by atoms with Crippen molar-refractivity contribution in [3.05, 3.63) is 54.1 Å². The number of esters is 1. The number of methoxy groups -OCH3 is 1. The van der Waals surface area contributed by atoms with E-state index in [4.69, 9.17) is 9.47 Å². The van der Waals surface area contributed by atoms with Crippen LogP contribution in [0.4, 0.5) is 5.69 Å². The number of hydrogen-bond acceptors (Lipinski definition) is 5. The molecule has 1 heterocycles. The van der Waals surface area contributed by atoms with E-state index in [2.05, 4.69) is 31.0 Å². The Morgan fingerprint density at radius 2 is 1.79 bits per heavy atom. The zero-order chi connectivity index (χ0) is 23.9. The van der Waals surface area contributed by atoms with E-state index in [1.807, 2.05) is 48.5 Å². The molecule has 2 aromatic rings. The van der Waals surface area contributed by atoms with Gasteiger partial charge in [-0.2, -0.15) is 0 Å². The Balaban J connectivity index is 1.23. The number of ether oxygens (including phenoxy) is 2. The van der Waals surface area contributed by atoms with Crippen LogP contribution < -0.4 is 15.0 Å². The first-order valence-corrected chi connectivity index (χ1v) is 12.8. The van der Waals surface area contributed by atoms with E-state index in [0.29, 0.717) is 34.6 Å². The molecule has 0 unspecified atom stereocenters. The van der Waals surface area contributed by atoms with E-state index in [1.165, 1.54) is 20.0 Å². The largest absolute Gasteiger partial charge is 0.465 e. The van der Waals surface area contributed by atoms with Crippen molar-refractivity contribution in [2.45, 2.75) is 58.5 Å². The van der Waals surface area contributed by atoms with Crippen molar-refractivity contribution in [2.24, 2.45) is 23.2 Å². The summed E-state index contributed by atoms with van der Waals surface area (Å²) in [5.74, 6) is 3.39. The molecule has 0 amide bonds. The second-order valence-electron chi connectivity index (χ2n) is 11.1. The third kappa shape index (κ3) is 4.31. The topological polar surface area (TPSA) is 50.8 Å². The lowest BCUT2D eigenvalue weighted by Gasteiger charge is -2.62. The number of carbonyl (C=O) groups excluding carboxylic acids is 1. The van der Waals surface area contributed by atoms with Crippen LogP contribution in [0.1, 0.15) is 56.8 Å². The van der Waals surface area contributed by atoms with Crippen LogP contribution in [0.5, 0.6) is 11.5 Å². The van der Waals surface area contributed by atoms with Crippen LogP contribution in [0.15, 0.2) is 48.5 Å². The molecular formula is C29H38N2O3. The van der Waals surface area contributed by atoms with Crippen LogP contribution >= 0.6 is 0 Å². The van der Waals surface area contributed by atoms with Crippen molar-refractivity contribution in [1.82, 2.24) is 5.32 Å². The first-order chi connectivity index (χ1) is 16.4. The molecule has 0 spiro atoms. The summed E-state index contributed by atoms with van der Waals surface area (Å²) in [5, 5.41) is 4.04. The summed E-state index contributed by atoms with van der Waals surface area (Å²) in [7, 11) is 1.40. The molecule has 182 valence electrons. The van der Waals surface area contributed by atoms with Crippen LogP contribution in [0.2, 0.25) is 0 Å². The minimum atomic E-state index is -0.386. The van der Waals surface area contributed by atoms with Crippen molar-refractivity contribution in [3.63, 3.8) is 0 Å². The average Bonchev–Trinajstić information content (AvgIpc) is 2.85. The summed E-state index contributed by atoms with van der Waals surface area (Å²) < 4.78 is 11.1. The maximum absolute atomic E-state index is 12.3. The molecule has 4 atom stereocenters. The fourth-order valence-electron chi connectivity index (χ4n) is 6.66. The Morgan fingerprint density at radius 3 is 2.44 bits per heavy atom. The van der Waals surface area contributed by atoms with Crippen LogP contribution in [-0.4, -0.2) is 38.3 Å². The lowest BCUT2D eigenvalue weighted by atomic mass is 9.44. The van der Waals surface area contributed by atoms with Gasteiger partial charge in [0.1, 0.15) is 17.1 Å². The van der Waals surface area contributed by atoms with Gasteiger partial charge in [0.05, 0.1) is 7.11 Å². The van der Waals surface area contributed by atoms with Gasteiger partial charge < -0.3 is 19.7 Å². The van der Waals surface area contributed by atoms with E-state index in [1.54, 1.807) is 0 Å². The molecule has 1 aliphatic heterocycles. The molecule has 3 saturated carbocycles. The fourth-order valence-corrected chi connectivity index (χ4v) is 6.66. The van der Waals surface area contributed by atoms with E-state index in [-0.39, 0.29) is 5.97 Å². The zero-order valence-electron chi connectivity index (χ0n) is 20.9. The van der Waals surface area contributed by atoms with Gasteiger partial charge in [-0.15, -0.1) is 0 Å². The maximum atomic E-state index is 12.3. The Hall–Kier alpha value is -2.53. The molecule has 0 aromatic heterocycles. The van der Waals surface area contributed by atoms with Crippen molar-refractivity contribution in [2.75, 3.05) is 25.1 Å². The molecular weight excluding hydrogens is 424 g/mol. The molecule has 3 aliphatic carbocycles. The Labute approximate surface area is 203 Å². The third-order valence-electron chi connectivity index (χ3n) is 9.01. The Morgan fingerprint density at radius 1 is 1.06 bits per heavy atom. The summed E-state index contributed by atoms with van der Waals surface area (Å²) in [5.41, 5.74) is 2.07. The normalized spacial score (nSPS) is 28.2. The van der Waals surface area contributed by atoms with E-state index in [0.717, 1.165) is 49.4 Å². The molecule has 6 rings (SSSR count). The second-order valence-corrected chi connectivity index (χ2v) is 11.1. The highest BCUT2D eigenvalue weighted by atomic mass is 16.5. The highest BCUT2D eigenvalue weighted by molar-refractivity contribution is 5.93. The minimum absolute atomic E-state index is 0.386. The number of anilines is 1. The molecule has 5 heteroatoms. The smallest absolute Gasteiger partial charge is 0.341 e. The molecule has 34 heavy (non-hydrogen) atoms. The highest BCUT2D eigenvalue weighted by Crippen LogP contribution is 2.61. The van der Waals surface area contributed by atoms with E-state index >= 15 is 0 Å². The fraction of sp³-hybridized carbons (Fsp3) is 0.552. The van der Waals surface area contributed by atoms with Gasteiger partial charge in [-0.25, -0.2) is 4.79 Å². The molecule has 2 aromatic carbocycles. The predicted molar refractivity (Wildman–Crippen MR) is 136 cm³/mol. The molecule has 2 bridgehead atoms. The number of benzene rings is 2. The van der Waals surface area contributed by atoms with Crippen molar-refractivity contribution in [1.29, 1.82) is 0 Å². The van der Waals surface area contributed by atoms with Gasteiger partial charge >= 0.3 is 5.97 Å². The molecule has 1 N–H and O–H groups in total. The van der Waals surface area contributed by atoms with Crippen LogP contribution in [-0.2, 0) is 4.74 Å². The van der Waals surface area contributed by atoms with Gasteiger partial charge in [-0.1, -0.05) is 39.0 Å². The first-order valence-electron chi connectivity index (χ1n) is 12.8. The average molecular weight is 463 g/mol. The standard InChI is InChI=1S/C29H38N2O3/c1-19-25-16-20(29(25,2)3)17-26(19)30-21-12-14-31(15-13-21)22-10-11-24(28(32)33-4)27(18-22)34-23-8-6-5-7-9-23/h5-11,18-21,25-26,30H,12-17H2,1-4H3/t19-,20+,25-,26-/m1/s1. The Bertz CT molecular complexity index is 1010. The monoisotopic (exact) mass is 462 g/mol.